The summed E-state index contributed by atoms with van der Waals surface area (Å²) in [5, 5.41) is 3.01. The first-order valence-electron chi connectivity index (χ1n) is 9.08. The first-order chi connectivity index (χ1) is 13.4. The van der Waals surface area contributed by atoms with Crippen LogP contribution in [-0.4, -0.2) is 38.7 Å². The van der Waals surface area contributed by atoms with Crippen molar-refractivity contribution < 1.29 is 13.2 Å². The maximum atomic E-state index is 12.8. The maximum absolute atomic E-state index is 12.8. The summed E-state index contributed by atoms with van der Waals surface area (Å²) in [6.07, 6.45) is 3.65. The van der Waals surface area contributed by atoms with Crippen molar-refractivity contribution in [2.75, 3.05) is 18.9 Å². The number of carbonyl (C=O) groups excluding carboxylic acids is 1. The first kappa shape index (κ1) is 20.4. The topological polar surface area (TPSA) is 78.8 Å². The zero-order valence-corrected chi connectivity index (χ0v) is 17.1. The Balaban J connectivity index is 1.84. The van der Waals surface area contributed by atoms with Crippen molar-refractivity contribution in [3.8, 4) is 0 Å². The molecule has 3 rings (SSSR count). The molecular weight excluding hydrogens is 398 g/mol. The van der Waals surface area contributed by atoms with Gasteiger partial charge in [0.05, 0.1) is 15.5 Å². The molecule has 8 heteroatoms. The number of nitrogens with one attached hydrogen (secondary N) is 1. The van der Waals surface area contributed by atoms with Crippen LogP contribution in [0.2, 0.25) is 5.02 Å². The molecule has 28 heavy (non-hydrogen) atoms. The Morgan fingerprint density at radius 1 is 1.11 bits per heavy atom. The van der Waals surface area contributed by atoms with Gasteiger partial charge in [0.25, 0.3) is 15.9 Å². The molecule has 2 aromatic carbocycles. The summed E-state index contributed by atoms with van der Waals surface area (Å²) in [4.78, 5) is 14.3. The lowest BCUT2D eigenvalue weighted by atomic mass is 10.2. The largest absolute Gasteiger partial charge is 0.362 e. The van der Waals surface area contributed by atoms with Crippen molar-refractivity contribution in [1.29, 1.82) is 0 Å². The van der Waals surface area contributed by atoms with Gasteiger partial charge in [-0.2, -0.15) is 8.42 Å². The maximum Gasteiger partial charge on any atom is 0.284 e. The minimum absolute atomic E-state index is 0.0367. The van der Waals surface area contributed by atoms with Gasteiger partial charge < -0.3 is 10.2 Å². The van der Waals surface area contributed by atoms with Gasteiger partial charge in [-0.1, -0.05) is 36.2 Å². The lowest BCUT2D eigenvalue weighted by molar-refractivity contribution is 0.102. The molecule has 1 saturated heterocycles. The van der Waals surface area contributed by atoms with Gasteiger partial charge in [0.2, 0.25) is 0 Å². The van der Waals surface area contributed by atoms with Crippen LogP contribution < -0.4 is 5.32 Å². The number of rotatable bonds is 4. The molecule has 6 nitrogen and oxygen atoms in total. The van der Waals surface area contributed by atoms with Gasteiger partial charge in [-0.05, 0) is 43.2 Å². The zero-order valence-electron chi connectivity index (χ0n) is 15.6. The second-order valence-corrected chi connectivity index (χ2v) is 8.69. The van der Waals surface area contributed by atoms with Gasteiger partial charge in [0, 0.05) is 25.7 Å². The number of anilines is 1. The second kappa shape index (κ2) is 8.75. The summed E-state index contributed by atoms with van der Waals surface area (Å²) in [7, 11) is -2.01. The number of likely N-dealkylation sites (tertiary alicyclic amines) is 1. The van der Waals surface area contributed by atoms with Gasteiger partial charge in [0.15, 0.2) is 0 Å². The molecule has 148 valence electrons. The van der Waals surface area contributed by atoms with Crippen LogP contribution in [0.1, 0.15) is 36.0 Å². The Bertz CT molecular complexity index is 1010. The van der Waals surface area contributed by atoms with E-state index in [1.54, 1.807) is 36.4 Å². The van der Waals surface area contributed by atoms with Crippen LogP contribution in [0.3, 0.4) is 0 Å². The highest BCUT2D eigenvalue weighted by Crippen LogP contribution is 2.22. The van der Waals surface area contributed by atoms with Gasteiger partial charge in [-0.25, -0.2) is 0 Å². The molecule has 1 aliphatic heterocycles. The molecule has 0 radical (unpaired) electrons. The van der Waals surface area contributed by atoms with Gasteiger partial charge in [-0.3, -0.25) is 4.79 Å². The molecule has 1 fully saturated rings. The van der Waals surface area contributed by atoms with Crippen LogP contribution in [0.25, 0.3) is 0 Å². The fraction of sp³-hybridized carbons (Fsp3) is 0.300. The number of amides is 1. The number of carbonyl (C=O) groups is 1. The molecule has 1 aliphatic rings. The molecule has 0 atom stereocenters. The third kappa shape index (κ3) is 4.91. The smallest absolute Gasteiger partial charge is 0.284 e. The van der Waals surface area contributed by atoms with Crippen molar-refractivity contribution in [2.24, 2.45) is 4.40 Å². The lowest BCUT2D eigenvalue weighted by Crippen LogP contribution is -2.26. The van der Waals surface area contributed by atoms with Crippen molar-refractivity contribution in [1.82, 2.24) is 4.90 Å². The molecule has 1 amide bonds. The zero-order chi connectivity index (χ0) is 20.1. The van der Waals surface area contributed by atoms with E-state index in [-0.39, 0.29) is 4.90 Å². The fourth-order valence-corrected chi connectivity index (χ4v) is 4.38. The minimum atomic E-state index is -3.87. The predicted molar refractivity (Wildman–Crippen MR) is 112 cm³/mol. The summed E-state index contributed by atoms with van der Waals surface area (Å²) >= 11 is 6.05. The fourth-order valence-electron chi connectivity index (χ4n) is 3.01. The Morgan fingerprint density at radius 2 is 1.89 bits per heavy atom. The molecule has 0 aliphatic carbocycles. The van der Waals surface area contributed by atoms with E-state index in [1.165, 1.54) is 12.1 Å². The Kier molecular flexibility index (Phi) is 6.36. The predicted octanol–water partition coefficient (Wildman–Crippen LogP) is 4.19. The molecule has 1 N–H and O–H groups in total. The van der Waals surface area contributed by atoms with E-state index in [1.807, 2.05) is 11.9 Å². The third-order valence-electron chi connectivity index (χ3n) is 4.57. The van der Waals surface area contributed by atoms with Crippen LogP contribution in [-0.2, 0) is 10.0 Å². The standard InChI is InChI=1S/C20H22ClN3O3S/c1-24-13-6-2-3-12-19(24)23-28(26,27)16-9-7-8-15(14-16)22-20(25)17-10-4-5-11-18(17)21/h4-5,7-11,14H,2-3,6,12-13H2,1H3,(H,22,25)/b23-19-. The SMILES string of the molecule is CN1CCCCC/C1=N/S(=O)(=O)c1cccc(NC(=O)c2ccccc2Cl)c1. The first-order valence-corrected chi connectivity index (χ1v) is 10.9. The van der Waals surface area contributed by atoms with Crippen molar-refractivity contribution in [3.05, 3.63) is 59.1 Å². The highest BCUT2D eigenvalue weighted by atomic mass is 35.5. The number of nitrogens with zero attached hydrogens (tertiary/aromatic N) is 2. The third-order valence-corrected chi connectivity index (χ3v) is 6.20. The molecule has 0 unspecified atom stereocenters. The Labute approximate surface area is 170 Å². The van der Waals surface area contributed by atoms with Crippen LogP contribution >= 0.6 is 11.6 Å². The van der Waals surface area contributed by atoms with E-state index in [9.17, 15) is 13.2 Å². The Morgan fingerprint density at radius 3 is 2.68 bits per heavy atom. The van der Waals surface area contributed by atoms with Crippen LogP contribution in [0.15, 0.2) is 57.8 Å². The summed E-state index contributed by atoms with van der Waals surface area (Å²) < 4.78 is 29.6. The number of sulfonamides is 1. The van der Waals surface area contributed by atoms with Gasteiger partial charge in [-0.15, -0.1) is 4.40 Å². The number of benzene rings is 2. The number of amidine groups is 1. The van der Waals surface area contributed by atoms with Crippen molar-refractivity contribution in [3.63, 3.8) is 0 Å². The molecule has 0 spiro atoms. The van der Waals surface area contributed by atoms with Crippen molar-refractivity contribution >= 4 is 39.1 Å². The van der Waals surface area contributed by atoms with Gasteiger partial charge >= 0.3 is 0 Å². The normalized spacial score (nSPS) is 16.6. The summed E-state index contributed by atoms with van der Waals surface area (Å²) in [6.45, 7) is 0.794. The molecule has 0 saturated carbocycles. The highest BCUT2D eigenvalue weighted by Gasteiger charge is 2.19. The van der Waals surface area contributed by atoms with Crippen molar-refractivity contribution in [2.45, 2.75) is 30.6 Å². The van der Waals surface area contributed by atoms with E-state index < -0.39 is 15.9 Å². The lowest BCUT2D eigenvalue weighted by Gasteiger charge is -2.17. The van der Waals surface area contributed by atoms with Crippen LogP contribution in [0.5, 0.6) is 0 Å². The van der Waals surface area contributed by atoms with E-state index in [0.717, 1.165) is 25.8 Å². The Hall–Kier alpha value is -2.38. The number of hydrogen-bond donors (Lipinski definition) is 1. The average molecular weight is 420 g/mol. The van der Waals surface area contributed by atoms with Crippen LogP contribution in [0.4, 0.5) is 5.69 Å². The number of hydrogen-bond acceptors (Lipinski definition) is 3. The molecular formula is C20H22ClN3O3S. The van der Waals surface area contributed by atoms with E-state index in [0.29, 0.717) is 28.5 Å². The summed E-state index contributed by atoms with van der Waals surface area (Å²) in [5.41, 5.74) is 0.679. The van der Waals surface area contributed by atoms with E-state index in [4.69, 9.17) is 11.6 Å². The highest BCUT2D eigenvalue weighted by molar-refractivity contribution is 7.90. The average Bonchev–Trinajstić information content (AvgIpc) is 2.86. The quantitative estimate of drug-likeness (QED) is 0.806. The second-order valence-electron chi connectivity index (χ2n) is 6.68. The molecule has 0 bridgehead atoms. The van der Waals surface area contributed by atoms with Gasteiger partial charge in [0.1, 0.15) is 5.84 Å². The summed E-state index contributed by atoms with van der Waals surface area (Å²) in [5.74, 6) is 0.165. The summed E-state index contributed by atoms with van der Waals surface area (Å²) in [6, 6.07) is 12.7. The molecule has 1 heterocycles. The monoisotopic (exact) mass is 419 g/mol. The number of halogens is 1. The molecule has 2 aromatic rings. The van der Waals surface area contributed by atoms with E-state index >= 15 is 0 Å². The molecule has 0 aromatic heterocycles. The van der Waals surface area contributed by atoms with E-state index in [2.05, 4.69) is 9.71 Å². The minimum Gasteiger partial charge on any atom is -0.362 e. The van der Waals surface area contributed by atoms with Crippen LogP contribution in [0, 0.1) is 0 Å².